The molecule has 0 amide bonds. The third-order valence-corrected chi connectivity index (χ3v) is 4.17. The quantitative estimate of drug-likeness (QED) is 0.867. The molecule has 1 aromatic heterocycles. The van der Waals surface area contributed by atoms with Gasteiger partial charge in [0.2, 0.25) is 0 Å². The zero-order valence-electron chi connectivity index (χ0n) is 11.2. The smallest absolute Gasteiger partial charge is 0.144 e. The Morgan fingerprint density at radius 1 is 1.44 bits per heavy atom. The van der Waals surface area contributed by atoms with Gasteiger partial charge in [0.05, 0.1) is 6.20 Å². The molecular weight excluding hydrogens is 226 g/mol. The summed E-state index contributed by atoms with van der Waals surface area (Å²) in [5, 5.41) is 4.21. The first-order valence-corrected chi connectivity index (χ1v) is 6.95. The highest BCUT2D eigenvalue weighted by Crippen LogP contribution is 2.37. The lowest BCUT2D eigenvalue weighted by Gasteiger charge is -2.34. The van der Waals surface area contributed by atoms with Crippen molar-refractivity contribution >= 4 is 5.78 Å². The molecule has 1 fully saturated rings. The second kappa shape index (κ2) is 5.65. The first-order chi connectivity index (χ1) is 8.70. The topological polar surface area (TPSA) is 60.9 Å². The van der Waals surface area contributed by atoms with E-state index in [4.69, 9.17) is 5.73 Å². The van der Waals surface area contributed by atoms with Crippen LogP contribution in [0.5, 0.6) is 0 Å². The monoisotopic (exact) mass is 249 g/mol. The molecule has 1 aliphatic rings. The lowest BCUT2D eigenvalue weighted by atomic mass is 9.70. The van der Waals surface area contributed by atoms with E-state index in [1.54, 1.807) is 6.20 Å². The van der Waals surface area contributed by atoms with E-state index >= 15 is 0 Å². The predicted molar refractivity (Wildman–Crippen MR) is 71.2 cm³/mol. The Kier molecular flexibility index (Phi) is 4.17. The van der Waals surface area contributed by atoms with Crippen LogP contribution in [-0.4, -0.2) is 22.1 Å². The van der Waals surface area contributed by atoms with Crippen molar-refractivity contribution in [2.24, 2.45) is 11.1 Å². The van der Waals surface area contributed by atoms with Crippen LogP contribution in [0.2, 0.25) is 0 Å². The fourth-order valence-corrected chi connectivity index (χ4v) is 2.87. The summed E-state index contributed by atoms with van der Waals surface area (Å²) in [6, 6.07) is 0. The van der Waals surface area contributed by atoms with Gasteiger partial charge < -0.3 is 5.73 Å². The average molecular weight is 249 g/mol. The highest BCUT2D eigenvalue weighted by Gasteiger charge is 2.37. The summed E-state index contributed by atoms with van der Waals surface area (Å²) in [5.74, 6) is 0.306. The number of rotatable bonds is 5. The summed E-state index contributed by atoms with van der Waals surface area (Å²) in [6.45, 7) is 3.38. The van der Waals surface area contributed by atoms with Crippen molar-refractivity contribution in [2.45, 2.75) is 52.0 Å². The Balaban J connectivity index is 2.05. The van der Waals surface area contributed by atoms with Gasteiger partial charge >= 0.3 is 0 Å². The molecule has 1 aliphatic carbocycles. The van der Waals surface area contributed by atoms with Crippen molar-refractivity contribution in [1.82, 2.24) is 9.78 Å². The molecule has 4 nitrogen and oxygen atoms in total. The Hall–Kier alpha value is -1.16. The van der Waals surface area contributed by atoms with Gasteiger partial charge in [-0.2, -0.15) is 5.10 Å². The second-order valence-corrected chi connectivity index (χ2v) is 5.35. The van der Waals surface area contributed by atoms with Crippen LogP contribution in [0.25, 0.3) is 0 Å². The Morgan fingerprint density at radius 2 is 2.17 bits per heavy atom. The summed E-state index contributed by atoms with van der Waals surface area (Å²) >= 11 is 0. The van der Waals surface area contributed by atoms with Crippen molar-refractivity contribution in [3.63, 3.8) is 0 Å². The number of hydrogen-bond acceptors (Lipinski definition) is 3. The van der Waals surface area contributed by atoms with E-state index in [9.17, 15) is 4.79 Å². The van der Waals surface area contributed by atoms with Gasteiger partial charge in [0.15, 0.2) is 0 Å². The number of carbonyl (C=O) groups is 1. The molecule has 0 bridgehead atoms. The highest BCUT2D eigenvalue weighted by atomic mass is 16.1. The number of nitrogens with zero attached hydrogens (tertiary/aromatic N) is 2. The lowest BCUT2D eigenvalue weighted by molar-refractivity contribution is -0.129. The normalized spacial score (nSPS) is 18.8. The molecular formula is C14H23N3O. The molecule has 2 N–H and O–H groups in total. The fourth-order valence-electron chi connectivity index (χ4n) is 2.87. The molecule has 0 radical (unpaired) electrons. The van der Waals surface area contributed by atoms with Crippen molar-refractivity contribution in [3.8, 4) is 0 Å². The van der Waals surface area contributed by atoms with E-state index in [-0.39, 0.29) is 5.41 Å². The van der Waals surface area contributed by atoms with Gasteiger partial charge in [-0.1, -0.05) is 19.3 Å². The van der Waals surface area contributed by atoms with E-state index in [2.05, 4.69) is 5.10 Å². The van der Waals surface area contributed by atoms with Crippen molar-refractivity contribution < 1.29 is 4.79 Å². The van der Waals surface area contributed by atoms with Crippen LogP contribution >= 0.6 is 0 Å². The summed E-state index contributed by atoms with van der Waals surface area (Å²) in [5.41, 5.74) is 6.64. The number of aryl methyl sites for hydroxylation is 1. The van der Waals surface area contributed by atoms with Crippen LogP contribution in [-0.2, 0) is 17.8 Å². The maximum Gasteiger partial charge on any atom is 0.144 e. The minimum Gasteiger partial charge on any atom is -0.329 e. The molecule has 18 heavy (non-hydrogen) atoms. The summed E-state index contributed by atoms with van der Waals surface area (Å²) < 4.78 is 1.86. The number of nitrogens with two attached hydrogens (primary N) is 1. The highest BCUT2D eigenvalue weighted by molar-refractivity contribution is 5.87. The molecule has 1 heterocycles. The number of ketones is 1. The van der Waals surface area contributed by atoms with Crippen LogP contribution in [0.1, 0.15) is 44.6 Å². The Morgan fingerprint density at radius 3 is 2.72 bits per heavy atom. The molecule has 100 valence electrons. The molecule has 2 rings (SSSR count). The van der Waals surface area contributed by atoms with Gasteiger partial charge in [-0.3, -0.25) is 9.48 Å². The number of carbonyl (C=O) groups excluding carboxylic acids is 1. The minimum atomic E-state index is -0.257. The predicted octanol–water partition coefficient (Wildman–Crippen LogP) is 1.92. The maximum atomic E-state index is 12.5. The van der Waals surface area contributed by atoms with Gasteiger partial charge in [-0.25, -0.2) is 0 Å². The van der Waals surface area contributed by atoms with Crippen molar-refractivity contribution in [1.29, 1.82) is 0 Å². The van der Waals surface area contributed by atoms with Crippen LogP contribution in [0.3, 0.4) is 0 Å². The Labute approximate surface area is 109 Å². The van der Waals surface area contributed by atoms with Gasteiger partial charge in [-0.05, 0) is 25.3 Å². The lowest BCUT2D eigenvalue weighted by Crippen LogP contribution is -2.41. The third-order valence-electron chi connectivity index (χ3n) is 4.17. The van der Waals surface area contributed by atoms with E-state index in [1.165, 1.54) is 6.42 Å². The zero-order chi connectivity index (χ0) is 13.0. The molecule has 0 atom stereocenters. The van der Waals surface area contributed by atoms with Gasteiger partial charge in [-0.15, -0.1) is 0 Å². The zero-order valence-corrected chi connectivity index (χ0v) is 11.2. The average Bonchev–Trinajstić information content (AvgIpc) is 2.87. The summed E-state index contributed by atoms with van der Waals surface area (Å²) in [6.07, 6.45) is 9.68. The second-order valence-electron chi connectivity index (χ2n) is 5.35. The van der Waals surface area contributed by atoms with E-state index in [0.717, 1.165) is 37.8 Å². The van der Waals surface area contributed by atoms with Crippen LogP contribution in [0.15, 0.2) is 12.4 Å². The molecule has 0 aromatic carbocycles. The molecule has 4 heteroatoms. The number of aromatic nitrogens is 2. The molecule has 0 unspecified atom stereocenters. The van der Waals surface area contributed by atoms with Gasteiger partial charge in [0.25, 0.3) is 0 Å². The summed E-state index contributed by atoms with van der Waals surface area (Å²) in [7, 11) is 0. The van der Waals surface area contributed by atoms with Crippen molar-refractivity contribution in [3.05, 3.63) is 18.0 Å². The van der Waals surface area contributed by atoms with Gasteiger partial charge in [0.1, 0.15) is 5.78 Å². The summed E-state index contributed by atoms with van der Waals surface area (Å²) in [4.78, 5) is 12.5. The van der Waals surface area contributed by atoms with Gasteiger partial charge in [0, 0.05) is 31.1 Å². The molecule has 0 saturated heterocycles. The van der Waals surface area contributed by atoms with Crippen LogP contribution in [0, 0.1) is 5.41 Å². The van der Waals surface area contributed by atoms with Crippen LogP contribution in [0.4, 0.5) is 0 Å². The third kappa shape index (κ3) is 2.64. The SMILES string of the molecule is CCn1cc(CC(=O)C2(CN)CCCCC2)cn1. The van der Waals surface area contributed by atoms with Crippen molar-refractivity contribution in [2.75, 3.05) is 6.54 Å². The number of hydrogen-bond donors (Lipinski definition) is 1. The first-order valence-electron chi connectivity index (χ1n) is 6.95. The van der Waals surface area contributed by atoms with Crippen LogP contribution < -0.4 is 5.73 Å². The number of Topliss-reactive ketones (excluding diaryl/α,β-unsaturated/α-hetero) is 1. The Bertz CT molecular complexity index is 405. The minimum absolute atomic E-state index is 0.257. The fraction of sp³-hybridized carbons (Fsp3) is 0.714. The standard InChI is InChI=1S/C14H23N3O/c1-2-17-10-12(9-16-17)8-13(18)14(11-15)6-4-3-5-7-14/h9-10H,2-8,11,15H2,1H3. The van der Waals surface area contributed by atoms with E-state index < -0.39 is 0 Å². The molecule has 0 spiro atoms. The first kappa shape index (κ1) is 13.3. The van der Waals surface area contributed by atoms with E-state index in [0.29, 0.717) is 18.7 Å². The maximum absolute atomic E-state index is 12.5. The molecule has 0 aliphatic heterocycles. The van der Waals surface area contributed by atoms with E-state index in [1.807, 2.05) is 17.8 Å². The molecule has 1 aromatic rings. The molecule has 1 saturated carbocycles. The largest absolute Gasteiger partial charge is 0.329 e.